The summed E-state index contributed by atoms with van der Waals surface area (Å²) >= 11 is 6.07. The fraction of sp³-hybridized carbons (Fsp3) is 0. The van der Waals surface area contributed by atoms with E-state index < -0.39 is 101 Å². The minimum absolute atomic E-state index is 0.234. The SMILES string of the molecule is [2H]c1cc(-c2nc3c(nc2-c2c([2H])c([2H])c([2H])c([2H])c2[2H])c([2H])c([2H])c2c([2H])c(Cl)c([2H])c([2H])c23)c([2H])c([2H])c1[2H]. The summed E-state index contributed by atoms with van der Waals surface area (Å²) in [5.74, 6) is 0. The average molecular weight is 381 g/mol. The normalized spacial score (nSPS) is 18.4. The third-order valence-corrected chi connectivity index (χ3v) is 3.95. The first kappa shape index (κ1) is 7.06. The second-order valence-electron chi connectivity index (χ2n) is 5.38. The molecule has 0 aliphatic carbocycles. The van der Waals surface area contributed by atoms with Crippen LogP contribution in [0.1, 0.15) is 19.2 Å². The number of nitrogens with zero attached hydrogens (tertiary/aromatic N) is 2. The highest BCUT2D eigenvalue weighted by Gasteiger charge is 2.14. The molecule has 0 amide bonds. The topological polar surface area (TPSA) is 25.8 Å². The third-order valence-electron chi connectivity index (χ3n) is 3.76. The quantitative estimate of drug-likeness (QED) is 0.316. The van der Waals surface area contributed by atoms with Gasteiger partial charge in [-0.15, -0.1) is 0 Å². The van der Waals surface area contributed by atoms with Gasteiger partial charge < -0.3 is 0 Å². The molecule has 0 radical (unpaired) electrons. The van der Waals surface area contributed by atoms with E-state index in [9.17, 15) is 0 Å². The zero-order valence-electron chi connectivity index (χ0n) is 27.3. The van der Waals surface area contributed by atoms with Crippen LogP contribution in [-0.2, 0) is 0 Å². The summed E-state index contributed by atoms with van der Waals surface area (Å²) in [6.07, 6.45) is 0. The second-order valence-corrected chi connectivity index (χ2v) is 5.76. The van der Waals surface area contributed by atoms with Crippen LogP contribution in [0.2, 0.25) is 5.02 Å². The van der Waals surface area contributed by atoms with E-state index in [-0.39, 0.29) is 33.1 Å². The Morgan fingerprint density at radius 2 is 1.44 bits per heavy atom. The molecular weight excluding hydrogens is 352 g/mol. The molecule has 0 fully saturated rings. The number of benzene rings is 4. The Morgan fingerprint density at radius 1 is 0.704 bits per heavy atom. The van der Waals surface area contributed by atoms with Crippen molar-refractivity contribution < 1.29 is 19.2 Å². The molecule has 0 aliphatic rings. The van der Waals surface area contributed by atoms with Gasteiger partial charge in [0.05, 0.1) is 41.6 Å². The number of aromatic nitrogens is 2. The second kappa shape index (κ2) is 6.49. The van der Waals surface area contributed by atoms with E-state index in [4.69, 9.17) is 30.8 Å². The molecule has 128 valence electrons. The number of fused-ring (bicyclic) bond motifs is 3. The highest BCUT2D eigenvalue weighted by atomic mass is 35.5. The van der Waals surface area contributed by atoms with Crippen LogP contribution in [0.15, 0.2) is 90.7 Å². The fourth-order valence-electron chi connectivity index (χ4n) is 2.61. The van der Waals surface area contributed by atoms with Gasteiger partial charge in [-0.1, -0.05) is 84.1 Å². The lowest BCUT2D eigenvalue weighted by Crippen LogP contribution is -1.96. The van der Waals surface area contributed by atoms with E-state index in [1.165, 1.54) is 0 Å². The molecule has 27 heavy (non-hydrogen) atoms. The van der Waals surface area contributed by atoms with Crippen molar-refractivity contribution in [3.05, 3.63) is 95.7 Å². The van der Waals surface area contributed by atoms with Gasteiger partial charge >= 0.3 is 0 Å². The Bertz CT molecular complexity index is 1980. The summed E-state index contributed by atoms with van der Waals surface area (Å²) in [6.45, 7) is 0. The Morgan fingerprint density at radius 3 is 2.30 bits per heavy atom. The van der Waals surface area contributed by atoms with Crippen molar-refractivity contribution in [3.63, 3.8) is 0 Å². The van der Waals surface area contributed by atoms with Crippen molar-refractivity contribution in [2.24, 2.45) is 0 Å². The van der Waals surface area contributed by atoms with Crippen LogP contribution < -0.4 is 0 Å². The Balaban J connectivity index is 2.12. The molecule has 2 nitrogen and oxygen atoms in total. The fourth-order valence-corrected chi connectivity index (χ4v) is 2.75. The molecule has 1 heterocycles. The van der Waals surface area contributed by atoms with E-state index in [2.05, 4.69) is 9.97 Å². The van der Waals surface area contributed by atoms with E-state index >= 15 is 0 Å². The van der Waals surface area contributed by atoms with Crippen molar-refractivity contribution in [1.29, 1.82) is 0 Å². The van der Waals surface area contributed by atoms with E-state index in [1.54, 1.807) is 0 Å². The van der Waals surface area contributed by atoms with Crippen molar-refractivity contribution in [1.82, 2.24) is 9.97 Å². The summed E-state index contributed by atoms with van der Waals surface area (Å²) < 4.78 is 116. The number of hydrogen-bond acceptors (Lipinski definition) is 2. The number of hydrogen-bond donors (Lipinski definition) is 0. The molecule has 0 aliphatic heterocycles. The summed E-state index contributed by atoms with van der Waals surface area (Å²) in [5.41, 5.74) is -2.16. The third kappa shape index (κ3) is 2.84. The predicted octanol–water partition coefficient (Wildman–Crippen LogP) is 6.77. The van der Waals surface area contributed by atoms with Gasteiger partial charge in [0.2, 0.25) is 0 Å². The van der Waals surface area contributed by atoms with Crippen LogP contribution in [-0.4, -0.2) is 9.97 Å². The van der Waals surface area contributed by atoms with Crippen LogP contribution >= 0.6 is 11.6 Å². The Hall–Kier alpha value is -3.23. The monoisotopic (exact) mass is 380 g/mol. The smallest absolute Gasteiger partial charge is 0.0973 e. The molecule has 0 spiro atoms. The van der Waals surface area contributed by atoms with E-state index in [1.807, 2.05) is 0 Å². The molecule has 0 unspecified atom stereocenters. The minimum atomic E-state index is -0.713. The zero-order chi connectivity index (χ0) is 30.4. The van der Waals surface area contributed by atoms with E-state index in [0.717, 1.165) is 6.07 Å². The van der Waals surface area contributed by atoms with Gasteiger partial charge in [-0.3, -0.25) is 0 Å². The Kier molecular flexibility index (Phi) is 1.70. The molecule has 0 N–H and O–H groups in total. The molecule has 5 aromatic rings. The van der Waals surface area contributed by atoms with Crippen molar-refractivity contribution in [3.8, 4) is 22.5 Å². The first-order valence-corrected chi connectivity index (χ1v) is 8.04. The van der Waals surface area contributed by atoms with Crippen LogP contribution in [0.25, 0.3) is 44.3 Å². The highest BCUT2D eigenvalue weighted by molar-refractivity contribution is 6.31. The lowest BCUT2D eigenvalue weighted by Gasteiger charge is -2.12. The van der Waals surface area contributed by atoms with Crippen LogP contribution in [0, 0.1) is 0 Å². The Labute approximate surface area is 181 Å². The van der Waals surface area contributed by atoms with Gasteiger partial charge in [-0.2, -0.15) is 0 Å². The zero-order valence-corrected chi connectivity index (χ0v) is 14.1. The lowest BCUT2D eigenvalue weighted by atomic mass is 10.0. The lowest BCUT2D eigenvalue weighted by molar-refractivity contribution is 1.30. The van der Waals surface area contributed by atoms with Crippen molar-refractivity contribution in [2.75, 3.05) is 0 Å². The molecular formula is C24H15ClN2. The largest absolute Gasteiger partial charge is 0.244 e. The molecule has 0 saturated carbocycles. The van der Waals surface area contributed by atoms with Gasteiger partial charge in [-0.05, 0) is 23.5 Å². The molecule has 1 aromatic heterocycles. The molecule has 3 heteroatoms. The predicted molar refractivity (Wildman–Crippen MR) is 113 cm³/mol. The van der Waals surface area contributed by atoms with Gasteiger partial charge in [0.1, 0.15) is 0 Å². The molecule has 0 saturated heterocycles. The van der Waals surface area contributed by atoms with E-state index in [0.29, 0.717) is 0 Å². The van der Waals surface area contributed by atoms with Crippen LogP contribution in [0.3, 0.4) is 0 Å². The molecule has 4 aromatic carbocycles. The summed E-state index contributed by atoms with van der Waals surface area (Å²) in [6, 6.07) is -7.48. The van der Waals surface area contributed by atoms with Gasteiger partial charge in [0.25, 0.3) is 0 Å². The first-order chi connectivity index (χ1) is 19.1. The standard InChI is InChI=1S/C24H15ClN2/c25-19-12-13-20-18(15-19)11-14-21-24(20)27-23(17-9-5-2-6-10-17)22(26-21)16-7-3-1-4-8-16/h1-15H/i1D,2D,3D,4D,5D,6D,7D,8D,9D,11D,12D,13D,14D,15D. The summed E-state index contributed by atoms with van der Waals surface area (Å²) in [4.78, 5) is 8.86. The van der Waals surface area contributed by atoms with Gasteiger partial charge in [-0.25, -0.2) is 9.97 Å². The van der Waals surface area contributed by atoms with Crippen LogP contribution in [0.5, 0.6) is 0 Å². The summed E-state index contributed by atoms with van der Waals surface area (Å²) in [5, 5.41) is -0.919. The first-order valence-electron chi connectivity index (χ1n) is 14.7. The molecule has 0 bridgehead atoms. The maximum absolute atomic E-state index is 8.62. The van der Waals surface area contributed by atoms with Gasteiger partial charge in [0.15, 0.2) is 0 Å². The number of rotatable bonds is 2. The van der Waals surface area contributed by atoms with Crippen molar-refractivity contribution >= 4 is 33.4 Å². The highest BCUT2D eigenvalue weighted by Crippen LogP contribution is 2.33. The summed E-state index contributed by atoms with van der Waals surface area (Å²) in [7, 11) is 0. The van der Waals surface area contributed by atoms with Gasteiger partial charge in [0, 0.05) is 21.5 Å². The molecule has 0 atom stereocenters. The van der Waals surface area contributed by atoms with Crippen molar-refractivity contribution in [2.45, 2.75) is 0 Å². The number of halogens is 1. The average Bonchev–Trinajstić information content (AvgIpc) is 2.95. The maximum atomic E-state index is 8.62. The maximum Gasteiger partial charge on any atom is 0.0973 e. The molecule has 5 rings (SSSR count). The van der Waals surface area contributed by atoms with Crippen LogP contribution in [0.4, 0.5) is 0 Å². The minimum Gasteiger partial charge on any atom is -0.244 e.